The largest absolute Gasteiger partial charge is 0.389 e. The number of carbonyl (C=O) groups is 1. The van der Waals surface area contributed by atoms with E-state index in [2.05, 4.69) is 5.32 Å². The van der Waals surface area contributed by atoms with Crippen LogP contribution in [0, 0.1) is 0 Å². The van der Waals surface area contributed by atoms with Crippen molar-refractivity contribution in [3.63, 3.8) is 0 Å². The van der Waals surface area contributed by atoms with E-state index < -0.39 is 5.60 Å². The van der Waals surface area contributed by atoms with Crippen LogP contribution in [0.3, 0.4) is 0 Å². The van der Waals surface area contributed by atoms with Crippen LogP contribution in [0.5, 0.6) is 0 Å². The van der Waals surface area contributed by atoms with Gasteiger partial charge >= 0.3 is 0 Å². The molecule has 1 rings (SSSR count). The fourth-order valence-corrected chi connectivity index (χ4v) is 1.58. The van der Waals surface area contributed by atoms with E-state index in [4.69, 9.17) is 11.6 Å². The third-order valence-corrected chi connectivity index (χ3v) is 2.58. The lowest BCUT2D eigenvalue weighted by Crippen LogP contribution is -2.42. The normalized spacial score (nSPS) is 12.7. The lowest BCUT2D eigenvalue weighted by Gasteiger charge is -2.21. The van der Waals surface area contributed by atoms with E-state index in [1.54, 1.807) is 45.0 Å². The van der Waals surface area contributed by atoms with Crippen molar-refractivity contribution >= 4 is 29.8 Å². The summed E-state index contributed by atoms with van der Waals surface area (Å²) in [5, 5.41) is 13.1. The van der Waals surface area contributed by atoms with Gasteiger partial charge in [0.15, 0.2) is 5.78 Å². The minimum Gasteiger partial charge on any atom is -0.389 e. The second kappa shape index (κ2) is 7.10. The van der Waals surface area contributed by atoms with Crippen molar-refractivity contribution in [2.75, 3.05) is 6.54 Å². The van der Waals surface area contributed by atoms with E-state index in [9.17, 15) is 9.90 Å². The van der Waals surface area contributed by atoms with Gasteiger partial charge in [0.05, 0.1) is 11.6 Å². The molecule has 0 fully saturated rings. The first-order valence-electron chi connectivity index (χ1n) is 5.55. The van der Waals surface area contributed by atoms with E-state index in [-0.39, 0.29) is 24.2 Å². The number of nitrogens with one attached hydrogen (secondary N) is 1. The molecule has 0 aliphatic rings. The van der Waals surface area contributed by atoms with Crippen LogP contribution in [0.15, 0.2) is 24.3 Å². The van der Waals surface area contributed by atoms with Gasteiger partial charge in [-0.2, -0.15) is 0 Å². The zero-order valence-electron chi connectivity index (χ0n) is 10.7. The molecule has 0 aromatic heterocycles. The first kappa shape index (κ1) is 17.4. The van der Waals surface area contributed by atoms with E-state index in [0.29, 0.717) is 17.1 Å². The average molecular weight is 292 g/mol. The third-order valence-electron chi connectivity index (χ3n) is 2.34. The highest BCUT2D eigenvalue weighted by atomic mass is 35.5. The van der Waals surface area contributed by atoms with Gasteiger partial charge in [0.1, 0.15) is 0 Å². The van der Waals surface area contributed by atoms with Crippen molar-refractivity contribution in [3.05, 3.63) is 34.9 Å². The first-order chi connectivity index (χ1) is 7.79. The third kappa shape index (κ3) is 5.83. The monoisotopic (exact) mass is 291 g/mol. The Morgan fingerprint density at radius 3 is 2.61 bits per heavy atom. The number of carbonyl (C=O) groups excluding carboxylic acids is 1. The Kier molecular flexibility index (Phi) is 6.86. The second-order valence-electron chi connectivity index (χ2n) is 4.79. The number of hydrogen-bond acceptors (Lipinski definition) is 3. The number of hydrogen-bond donors (Lipinski definition) is 2. The van der Waals surface area contributed by atoms with E-state index in [1.165, 1.54) is 0 Å². The summed E-state index contributed by atoms with van der Waals surface area (Å²) in [5.41, 5.74) is -0.253. The lowest BCUT2D eigenvalue weighted by atomic mass is 10.0. The minimum atomic E-state index is -0.830. The molecule has 18 heavy (non-hydrogen) atoms. The smallest absolute Gasteiger partial charge is 0.179 e. The fourth-order valence-electron chi connectivity index (χ4n) is 1.39. The molecule has 0 saturated heterocycles. The molecule has 5 heteroatoms. The van der Waals surface area contributed by atoms with E-state index in [1.807, 2.05) is 0 Å². The van der Waals surface area contributed by atoms with E-state index in [0.717, 1.165) is 0 Å². The number of ketones is 1. The molecular weight excluding hydrogens is 273 g/mol. The molecule has 3 nitrogen and oxygen atoms in total. The lowest BCUT2D eigenvalue weighted by molar-refractivity contribution is 0.0734. The molecule has 0 bridgehead atoms. The summed E-state index contributed by atoms with van der Waals surface area (Å²) in [6, 6.07) is 6.51. The van der Waals surface area contributed by atoms with Gasteiger partial charge in [-0.15, -0.1) is 12.4 Å². The molecule has 0 aliphatic heterocycles. The molecule has 0 unspecified atom stereocenters. The molecule has 2 N–H and O–H groups in total. The van der Waals surface area contributed by atoms with Crippen LogP contribution in [-0.4, -0.2) is 29.1 Å². The first-order valence-corrected chi connectivity index (χ1v) is 5.93. The van der Waals surface area contributed by atoms with Gasteiger partial charge in [0.2, 0.25) is 0 Å². The summed E-state index contributed by atoms with van der Waals surface area (Å²) in [7, 11) is 0. The maximum absolute atomic E-state index is 12.0. The van der Waals surface area contributed by atoms with Crippen molar-refractivity contribution in [3.8, 4) is 0 Å². The summed E-state index contributed by atoms with van der Waals surface area (Å²) in [5.74, 6) is -0.0308. The van der Waals surface area contributed by atoms with Gasteiger partial charge in [-0.1, -0.05) is 23.7 Å². The van der Waals surface area contributed by atoms with Crippen LogP contribution >= 0.6 is 24.0 Å². The zero-order chi connectivity index (χ0) is 13.1. The number of aliphatic hydroxyl groups is 1. The summed E-state index contributed by atoms with van der Waals surface area (Å²) < 4.78 is 0. The van der Waals surface area contributed by atoms with E-state index >= 15 is 0 Å². The van der Waals surface area contributed by atoms with Gasteiger partial charge < -0.3 is 10.4 Å². The Bertz CT molecular complexity index is 402. The van der Waals surface area contributed by atoms with Crippen molar-refractivity contribution in [1.29, 1.82) is 0 Å². The number of halogens is 2. The summed E-state index contributed by atoms with van der Waals surface area (Å²) in [6.45, 7) is 5.52. The maximum atomic E-state index is 12.0. The highest BCUT2D eigenvalue weighted by Crippen LogP contribution is 2.12. The highest BCUT2D eigenvalue weighted by molar-refractivity contribution is 6.31. The topological polar surface area (TPSA) is 49.3 Å². The van der Waals surface area contributed by atoms with Gasteiger partial charge in [0.25, 0.3) is 0 Å². The number of Topliss-reactive ketones (excluding diaryl/α,β-unsaturated/α-hetero) is 1. The molecule has 0 heterocycles. The Balaban J connectivity index is 0.00000289. The zero-order valence-corrected chi connectivity index (χ0v) is 12.3. The molecule has 1 aromatic carbocycles. The van der Waals surface area contributed by atoms with Crippen LogP contribution in [0.2, 0.25) is 5.02 Å². The Morgan fingerprint density at radius 2 is 2.11 bits per heavy atom. The predicted octanol–water partition coefficient (Wildman–Crippen LogP) is 2.69. The fraction of sp³-hybridized carbons (Fsp3) is 0.462. The quantitative estimate of drug-likeness (QED) is 0.820. The van der Waals surface area contributed by atoms with Crippen molar-refractivity contribution < 1.29 is 9.90 Å². The molecule has 0 spiro atoms. The van der Waals surface area contributed by atoms with Gasteiger partial charge in [-0.3, -0.25) is 4.79 Å². The molecule has 0 saturated carbocycles. The van der Waals surface area contributed by atoms with Crippen molar-refractivity contribution in [2.45, 2.75) is 32.4 Å². The SMILES string of the molecule is C[C@@H](NCC(C)(C)O)C(=O)c1cccc(Cl)c1.Cl. The van der Waals surface area contributed by atoms with Crippen LogP contribution in [0.25, 0.3) is 0 Å². The van der Waals surface area contributed by atoms with Crippen LogP contribution in [0.1, 0.15) is 31.1 Å². The molecular formula is C13H19Cl2NO2. The van der Waals surface area contributed by atoms with Gasteiger partial charge in [-0.05, 0) is 32.9 Å². The summed E-state index contributed by atoms with van der Waals surface area (Å²) in [6.07, 6.45) is 0. The standard InChI is InChI=1S/C13H18ClNO2.ClH/c1-9(15-8-13(2,3)17)12(16)10-5-4-6-11(14)7-10;/h4-7,9,15,17H,8H2,1-3H3;1H/t9-;/m1./s1. The van der Waals surface area contributed by atoms with Crippen LogP contribution in [0.4, 0.5) is 0 Å². The maximum Gasteiger partial charge on any atom is 0.179 e. The highest BCUT2D eigenvalue weighted by Gasteiger charge is 2.19. The summed E-state index contributed by atoms with van der Waals surface area (Å²) >= 11 is 5.83. The molecule has 0 amide bonds. The number of rotatable bonds is 5. The second-order valence-corrected chi connectivity index (χ2v) is 5.23. The van der Waals surface area contributed by atoms with Crippen LogP contribution < -0.4 is 5.32 Å². The average Bonchev–Trinajstić information content (AvgIpc) is 2.24. The van der Waals surface area contributed by atoms with Gasteiger partial charge in [0, 0.05) is 17.1 Å². The molecule has 1 aromatic rings. The number of benzene rings is 1. The predicted molar refractivity (Wildman–Crippen MR) is 76.8 cm³/mol. The van der Waals surface area contributed by atoms with Crippen molar-refractivity contribution in [1.82, 2.24) is 5.32 Å². The Hall–Kier alpha value is -0.610. The molecule has 0 radical (unpaired) electrons. The summed E-state index contributed by atoms with van der Waals surface area (Å²) in [4.78, 5) is 12.0. The Morgan fingerprint density at radius 1 is 1.50 bits per heavy atom. The van der Waals surface area contributed by atoms with Crippen molar-refractivity contribution in [2.24, 2.45) is 0 Å². The molecule has 0 aliphatic carbocycles. The Labute approximate surface area is 119 Å². The molecule has 102 valence electrons. The minimum absolute atomic E-state index is 0. The van der Waals surface area contributed by atoms with Crippen LogP contribution in [-0.2, 0) is 0 Å². The van der Waals surface area contributed by atoms with Gasteiger partial charge in [-0.25, -0.2) is 0 Å². The molecule has 1 atom stereocenters.